The topological polar surface area (TPSA) is 64.6 Å². The molecule has 2 aliphatic rings. The van der Waals surface area contributed by atoms with E-state index in [1.807, 2.05) is 30.3 Å². The summed E-state index contributed by atoms with van der Waals surface area (Å²) < 4.78 is 0. The number of hydrogen-bond donors (Lipinski definition) is 3. The number of fused-ring (bicyclic) bond motifs is 5. The number of likely N-dealkylation sites (N-methyl/N-ethyl adjacent to an activating group) is 1. The number of urea groups is 1. The van der Waals surface area contributed by atoms with Crippen LogP contribution in [0.25, 0.3) is 0 Å². The molecule has 0 aromatic heterocycles. The van der Waals surface area contributed by atoms with Gasteiger partial charge in [0.1, 0.15) is 5.75 Å². The van der Waals surface area contributed by atoms with Crippen molar-refractivity contribution < 1.29 is 9.90 Å². The van der Waals surface area contributed by atoms with Gasteiger partial charge in [-0.2, -0.15) is 0 Å². The van der Waals surface area contributed by atoms with Crippen molar-refractivity contribution in [3.8, 4) is 5.75 Å². The van der Waals surface area contributed by atoms with Gasteiger partial charge in [0.2, 0.25) is 0 Å². The first-order chi connectivity index (χ1) is 15.9. The van der Waals surface area contributed by atoms with E-state index in [-0.39, 0.29) is 17.7 Å². The van der Waals surface area contributed by atoms with Crippen LogP contribution >= 0.6 is 23.2 Å². The van der Waals surface area contributed by atoms with Gasteiger partial charge in [-0.25, -0.2) is 4.79 Å². The Balaban J connectivity index is 1.45. The predicted octanol–water partition coefficient (Wildman–Crippen LogP) is 6.28. The number of amides is 2. The Labute approximate surface area is 203 Å². The summed E-state index contributed by atoms with van der Waals surface area (Å²) in [5.41, 5.74) is 6.07. The molecule has 0 fully saturated rings. The number of nitrogens with zero attached hydrogens (tertiary/aromatic N) is 1. The normalized spacial score (nSPS) is 19.6. The molecular formula is C26H25Cl2N3O2. The third-order valence-corrected chi connectivity index (χ3v) is 7.43. The second-order valence-corrected chi connectivity index (χ2v) is 9.60. The zero-order chi connectivity index (χ0) is 23.1. The van der Waals surface area contributed by atoms with E-state index >= 15 is 0 Å². The number of phenols is 1. The molecule has 3 N–H and O–H groups in total. The molecule has 0 bridgehead atoms. The van der Waals surface area contributed by atoms with Crippen molar-refractivity contribution >= 4 is 40.6 Å². The lowest BCUT2D eigenvalue weighted by molar-refractivity contribution is 0.214. The van der Waals surface area contributed by atoms with Gasteiger partial charge in [-0.15, -0.1) is 0 Å². The number of hydrogen-bond acceptors (Lipinski definition) is 3. The molecule has 2 amide bonds. The minimum Gasteiger partial charge on any atom is -0.506 e. The van der Waals surface area contributed by atoms with Crippen molar-refractivity contribution in [1.82, 2.24) is 4.90 Å². The smallest absolute Gasteiger partial charge is 0.323 e. The highest BCUT2D eigenvalue weighted by Gasteiger charge is 2.37. The predicted molar refractivity (Wildman–Crippen MR) is 134 cm³/mol. The van der Waals surface area contributed by atoms with Crippen LogP contribution in [-0.2, 0) is 12.8 Å². The lowest BCUT2D eigenvalue weighted by atomic mass is 9.74. The summed E-state index contributed by atoms with van der Waals surface area (Å²) >= 11 is 12.4. The standard InChI is InChI=1S/C26H25Cl2N3O2/c1-31-11-10-16-13-21(28)24(32)14-19(16)25-18-8-7-17(12-15(18)6-9-23(25)31)29-26(33)30-22-5-3-2-4-20(22)27/h2-5,7-8,12-14,23,25,32H,6,9-11H2,1H3,(H2,29,30,33)/t23-,25+/m0/s1. The molecule has 1 aliphatic heterocycles. The maximum absolute atomic E-state index is 12.5. The van der Waals surface area contributed by atoms with E-state index in [9.17, 15) is 9.90 Å². The van der Waals surface area contributed by atoms with E-state index in [1.165, 1.54) is 16.7 Å². The Morgan fingerprint density at radius 3 is 2.58 bits per heavy atom. The molecule has 0 radical (unpaired) electrons. The van der Waals surface area contributed by atoms with Crippen LogP contribution in [0.5, 0.6) is 5.75 Å². The van der Waals surface area contributed by atoms with Crippen molar-refractivity contribution in [2.45, 2.75) is 31.2 Å². The molecule has 0 spiro atoms. The highest BCUT2D eigenvalue weighted by molar-refractivity contribution is 6.33. The number of benzene rings is 3. The second kappa shape index (κ2) is 8.90. The summed E-state index contributed by atoms with van der Waals surface area (Å²) in [5, 5.41) is 16.9. The number of nitrogens with one attached hydrogen (secondary N) is 2. The summed E-state index contributed by atoms with van der Waals surface area (Å²) in [5.74, 6) is 0.269. The number of aryl methyl sites for hydroxylation is 1. The summed E-state index contributed by atoms with van der Waals surface area (Å²) in [4.78, 5) is 14.9. The van der Waals surface area contributed by atoms with E-state index < -0.39 is 0 Å². The van der Waals surface area contributed by atoms with E-state index in [2.05, 4.69) is 34.7 Å². The maximum Gasteiger partial charge on any atom is 0.323 e. The molecular weight excluding hydrogens is 457 g/mol. The average Bonchev–Trinajstić information content (AvgIpc) is 2.92. The van der Waals surface area contributed by atoms with Gasteiger partial charge in [-0.1, -0.05) is 41.4 Å². The zero-order valence-electron chi connectivity index (χ0n) is 18.2. The van der Waals surface area contributed by atoms with Gasteiger partial charge in [-0.3, -0.25) is 0 Å². The number of phenolic OH excluding ortho intramolecular Hbond substituents is 1. The van der Waals surface area contributed by atoms with Gasteiger partial charge in [-0.05, 0) is 85.0 Å². The Kier molecular flexibility index (Phi) is 5.95. The molecule has 1 heterocycles. The largest absolute Gasteiger partial charge is 0.506 e. The number of carbonyl (C=O) groups excluding carboxylic acids is 1. The summed E-state index contributed by atoms with van der Waals surface area (Å²) in [7, 11) is 2.17. The highest BCUT2D eigenvalue weighted by atomic mass is 35.5. The first-order valence-corrected chi connectivity index (χ1v) is 11.8. The van der Waals surface area contributed by atoms with Crippen LogP contribution in [0.2, 0.25) is 10.0 Å². The van der Waals surface area contributed by atoms with Gasteiger partial charge in [0.15, 0.2) is 0 Å². The van der Waals surface area contributed by atoms with E-state index in [4.69, 9.17) is 23.2 Å². The van der Waals surface area contributed by atoms with Gasteiger partial charge in [0, 0.05) is 24.2 Å². The summed E-state index contributed by atoms with van der Waals surface area (Å²) in [6, 6.07) is 17.0. The van der Waals surface area contributed by atoms with Crippen molar-refractivity contribution in [3.63, 3.8) is 0 Å². The van der Waals surface area contributed by atoms with Crippen LogP contribution < -0.4 is 10.6 Å². The molecule has 5 rings (SSSR count). The highest BCUT2D eigenvalue weighted by Crippen LogP contribution is 2.45. The van der Waals surface area contributed by atoms with Crippen molar-refractivity contribution in [2.24, 2.45) is 0 Å². The Morgan fingerprint density at radius 2 is 1.76 bits per heavy atom. The fourth-order valence-electron chi connectivity index (χ4n) is 5.17. The molecule has 1 aliphatic carbocycles. The first kappa shape index (κ1) is 22.1. The van der Waals surface area contributed by atoms with Crippen LogP contribution in [0.3, 0.4) is 0 Å². The summed E-state index contributed by atoms with van der Waals surface area (Å²) in [6.07, 6.45) is 2.83. The maximum atomic E-state index is 12.5. The van der Waals surface area contributed by atoms with Crippen molar-refractivity contribution in [3.05, 3.63) is 86.9 Å². The zero-order valence-corrected chi connectivity index (χ0v) is 19.7. The van der Waals surface area contributed by atoms with Crippen LogP contribution in [0, 0.1) is 0 Å². The molecule has 3 aromatic carbocycles. The van der Waals surface area contributed by atoms with E-state index in [0.717, 1.165) is 37.1 Å². The fraction of sp³-hybridized carbons (Fsp3) is 0.269. The summed E-state index contributed by atoms with van der Waals surface area (Å²) in [6.45, 7) is 0.951. The quantitative estimate of drug-likeness (QED) is 0.403. The minimum atomic E-state index is -0.337. The first-order valence-electron chi connectivity index (χ1n) is 11.1. The molecule has 0 saturated heterocycles. The van der Waals surface area contributed by atoms with E-state index in [0.29, 0.717) is 21.8 Å². The number of carbonyl (C=O) groups is 1. The van der Waals surface area contributed by atoms with Crippen LogP contribution in [0.15, 0.2) is 54.6 Å². The lowest BCUT2D eigenvalue weighted by Gasteiger charge is -2.38. The van der Waals surface area contributed by atoms with Gasteiger partial charge >= 0.3 is 6.03 Å². The number of aromatic hydroxyl groups is 1. The number of anilines is 2. The molecule has 5 nitrogen and oxygen atoms in total. The monoisotopic (exact) mass is 481 g/mol. The van der Waals surface area contributed by atoms with E-state index in [1.54, 1.807) is 12.1 Å². The van der Waals surface area contributed by atoms with Crippen LogP contribution in [0.1, 0.15) is 34.6 Å². The molecule has 2 atom stereocenters. The van der Waals surface area contributed by atoms with Crippen molar-refractivity contribution in [2.75, 3.05) is 24.2 Å². The van der Waals surface area contributed by atoms with Gasteiger partial charge in [0.25, 0.3) is 0 Å². The Hall–Kier alpha value is -2.73. The molecule has 0 saturated carbocycles. The molecule has 3 aromatic rings. The number of halogens is 2. The molecule has 33 heavy (non-hydrogen) atoms. The Bertz CT molecular complexity index is 1230. The average molecular weight is 482 g/mol. The van der Waals surface area contributed by atoms with Gasteiger partial charge < -0.3 is 20.6 Å². The van der Waals surface area contributed by atoms with Gasteiger partial charge in [0.05, 0.1) is 15.7 Å². The van der Waals surface area contributed by atoms with Crippen LogP contribution in [-0.4, -0.2) is 35.7 Å². The molecule has 0 unspecified atom stereocenters. The van der Waals surface area contributed by atoms with Crippen LogP contribution in [0.4, 0.5) is 16.2 Å². The Morgan fingerprint density at radius 1 is 0.970 bits per heavy atom. The fourth-order valence-corrected chi connectivity index (χ4v) is 5.53. The second-order valence-electron chi connectivity index (χ2n) is 8.79. The third-order valence-electron chi connectivity index (χ3n) is 6.80. The molecule has 7 heteroatoms. The number of rotatable bonds is 2. The third kappa shape index (κ3) is 4.29. The molecule has 170 valence electrons. The van der Waals surface area contributed by atoms with Crippen molar-refractivity contribution in [1.29, 1.82) is 0 Å². The minimum absolute atomic E-state index is 0.125. The lowest BCUT2D eigenvalue weighted by Crippen LogP contribution is -2.39. The number of para-hydroxylation sites is 1. The SMILES string of the molecule is CN1CCc2cc(Cl)c(O)cc2[C@H]2c3ccc(NC(=O)Nc4ccccc4Cl)cc3CC[C@@H]21.